The standard InChI is InChI=1S/C13H20ClNO/c1-4-10-8-11(6-7-12(10)14)16-13(3,5-2)9-15/h6-8H,4-5,9,15H2,1-3H3. The lowest BCUT2D eigenvalue weighted by molar-refractivity contribution is 0.0934. The highest BCUT2D eigenvalue weighted by Gasteiger charge is 2.22. The molecule has 0 aliphatic heterocycles. The second-order valence-electron chi connectivity index (χ2n) is 4.22. The van der Waals surface area contributed by atoms with Gasteiger partial charge >= 0.3 is 0 Å². The van der Waals surface area contributed by atoms with Crippen LogP contribution in [0.25, 0.3) is 0 Å². The fourth-order valence-corrected chi connectivity index (χ4v) is 1.68. The molecule has 90 valence electrons. The molecule has 1 atom stereocenters. The van der Waals surface area contributed by atoms with E-state index in [1.807, 2.05) is 25.1 Å². The maximum atomic E-state index is 6.06. The summed E-state index contributed by atoms with van der Waals surface area (Å²) in [6.45, 7) is 6.68. The minimum atomic E-state index is -0.293. The molecule has 0 spiro atoms. The third kappa shape index (κ3) is 3.13. The van der Waals surface area contributed by atoms with Crippen LogP contribution in [0.2, 0.25) is 5.02 Å². The van der Waals surface area contributed by atoms with Gasteiger partial charge in [-0.15, -0.1) is 0 Å². The van der Waals surface area contributed by atoms with Crippen molar-refractivity contribution in [2.75, 3.05) is 6.54 Å². The molecule has 0 radical (unpaired) electrons. The first-order valence-corrected chi connectivity index (χ1v) is 6.10. The summed E-state index contributed by atoms with van der Waals surface area (Å²) in [5.74, 6) is 0.844. The van der Waals surface area contributed by atoms with Crippen molar-refractivity contribution in [2.24, 2.45) is 5.73 Å². The molecule has 0 saturated heterocycles. The van der Waals surface area contributed by atoms with Crippen molar-refractivity contribution in [1.82, 2.24) is 0 Å². The second kappa shape index (κ2) is 5.55. The lowest BCUT2D eigenvalue weighted by Crippen LogP contribution is -2.39. The molecule has 0 aliphatic rings. The van der Waals surface area contributed by atoms with Crippen molar-refractivity contribution in [2.45, 2.75) is 39.2 Å². The largest absolute Gasteiger partial charge is 0.486 e. The molecule has 1 aromatic carbocycles. The normalized spacial score (nSPS) is 14.6. The highest BCUT2D eigenvalue weighted by Crippen LogP contribution is 2.26. The van der Waals surface area contributed by atoms with E-state index in [0.717, 1.165) is 29.2 Å². The fraction of sp³-hybridized carbons (Fsp3) is 0.538. The van der Waals surface area contributed by atoms with Crippen LogP contribution in [0.1, 0.15) is 32.8 Å². The van der Waals surface area contributed by atoms with Crippen LogP contribution in [0.5, 0.6) is 5.75 Å². The molecule has 0 aliphatic carbocycles. The van der Waals surface area contributed by atoms with Gasteiger partial charge in [-0.05, 0) is 43.5 Å². The van der Waals surface area contributed by atoms with Crippen LogP contribution >= 0.6 is 11.6 Å². The summed E-state index contributed by atoms with van der Waals surface area (Å²) in [4.78, 5) is 0. The zero-order valence-electron chi connectivity index (χ0n) is 10.2. The summed E-state index contributed by atoms with van der Waals surface area (Å²) in [5.41, 5.74) is 6.53. The first kappa shape index (κ1) is 13.3. The van der Waals surface area contributed by atoms with Crippen LogP contribution in [0.4, 0.5) is 0 Å². The monoisotopic (exact) mass is 241 g/mol. The maximum absolute atomic E-state index is 6.06. The number of nitrogens with two attached hydrogens (primary N) is 1. The third-order valence-electron chi connectivity index (χ3n) is 2.94. The summed E-state index contributed by atoms with van der Waals surface area (Å²) in [6.07, 6.45) is 1.79. The molecule has 1 unspecified atom stereocenters. The van der Waals surface area contributed by atoms with Crippen LogP contribution in [-0.4, -0.2) is 12.1 Å². The SMILES string of the molecule is CCc1cc(OC(C)(CC)CN)ccc1Cl. The fourth-order valence-electron chi connectivity index (χ4n) is 1.43. The topological polar surface area (TPSA) is 35.2 Å². The number of ether oxygens (including phenoxy) is 1. The van der Waals surface area contributed by atoms with Crippen molar-refractivity contribution in [3.05, 3.63) is 28.8 Å². The lowest BCUT2D eigenvalue weighted by Gasteiger charge is -2.28. The first-order valence-electron chi connectivity index (χ1n) is 5.72. The van der Waals surface area contributed by atoms with Crippen molar-refractivity contribution < 1.29 is 4.74 Å². The molecule has 1 aromatic rings. The van der Waals surface area contributed by atoms with E-state index in [1.54, 1.807) is 0 Å². The molecule has 0 bridgehead atoms. The Kier molecular flexibility index (Phi) is 4.63. The molecule has 2 nitrogen and oxygen atoms in total. The smallest absolute Gasteiger partial charge is 0.120 e. The van der Waals surface area contributed by atoms with Gasteiger partial charge in [0.05, 0.1) is 0 Å². The van der Waals surface area contributed by atoms with Gasteiger partial charge in [-0.2, -0.15) is 0 Å². The van der Waals surface area contributed by atoms with Crippen molar-refractivity contribution in [1.29, 1.82) is 0 Å². The number of aryl methyl sites for hydroxylation is 1. The van der Waals surface area contributed by atoms with Gasteiger partial charge < -0.3 is 10.5 Å². The summed E-state index contributed by atoms with van der Waals surface area (Å²) >= 11 is 6.06. The highest BCUT2D eigenvalue weighted by atomic mass is 35.5. The second-order valence-corrected chi connectivity index (χ2v) is 4.62. The van der Waals surface area contributed by atoms with Gasteiger partial charge in [0, 0.05) is 11.6 Å². The van der Waals surface area contributed by atoms with E-state index in [0.29, 0.717) is 6.54 Å². The molecular formula is C13H20ClNO. The Bertz CT molecular complexity index is 348. The van der Waals surface area contributed by atoms with Crippen molar-refractivity contribution in [3.63, 3.8) is 0 Å². The Morgan fingerprint density at radius 3 is 2.56 bits per heavy atom. The Morgan fingerprint density at radius 1 is 1.38 bits per heavy atom. The van der Waals surface area contributed by atoms with Gasteiger partial charge in [0.1, 0.15) is 11.4 Å². The van der Waals surface area contributed by atoms with Gasteiger partial charge in [-0.25, -0.2) is 0 Å². The Morgan fingerprint density at radius 2 is 2.06 bits per heavy atom. The van der Waals surface area contributed by atoms with Crippen LogP contribution in [-0.2, 0) is 6.42 Å². The van der Waals surface area contributed by atoms with Crippen LogP contribution in [0.15, 0.2) is 18.2 Å². The summed E-state index contributed by atoms with van der Waals surface area (Å²) < 4.78 is 5.91. The third-order valence-corrected chi connectivity index (χ3v) is 3.31. The minimum absolute atomic E-state index is 0.293. The first-order chi connectivity index (χ1) is 7.54. The van der Waals surface area contributed by atoms with Gasteiger partial charge in [-0.3, -0.25) is 0 Å². The Hall–Kier alpha value is -0.730. The van der Waals surface area contributed by atoms with E-state index in [1.165, 1.54) is 0 Å². The zero-order valence-corrected chi connectivity index (χ0v) is 11.0. The molecule has 0 heterocycles. The average Bonchev–Trinajstić information content (AvgIpc) is 2.31. The molecule has 1 rings (SSSR count). The van der Waals surface area contributed by atoms with Gasteiger partial charge in [-0.1, -0.05) is 25.4 Å². The number of benzene rings is 1. The van der Waals surface area contributed by atoms with E-state index in [2.05, 4.69) is 13.8 Å². The molecule has 2 N–H and O–H groups in total. The molecule has 0 amide bonds. The van der Waals surface area contributed by atoms with Crippen molar-refractivity contribution >= 4 is 11.6 Å². The van der Waals surface area contributed by atoms with E-state index in [4.69, 9.17) is 22.1 Å². The number of halogens is 1. The molecule has 3 heteroatoms. The quantitative estimate of drug-likeness (QED) is 0.858. The van der Waals surface area contributed by atoms with Crippen LogP contribution in [0, 0.1) is 0 Å². The summed E-state index contributed by atoms with van der Waals surface area (Å²) in [6, 6.07) is 5.76. The van der Waals surface area contributed by atoms with E-state index < -0.39 is 0 Å². The van der Waals surface area contributed by atoms with Gasteiger partial charge in [0.15, 0.2) is 0 Å². The molecule has 16 heavy (non-hydrogen) atoms. The van der Waals surface area contributed by atoms with Gasteiger partial charge in [0.25, 0.3) is 0 Å². The molecule has 0 aromatic heterocycles. The Labute approximate surface area is 103 Å². The maximum Gasteiger partial charge on any atom is 0.120 e. The lowest BCUT2D eigenvalue weighted by atomic mass is 10.0. The van der Waals surface area contributed by atoms with E-state index >= 15 is 0 Å². The number of hydrogen-bond donors (Lipinski definition) is 1. The van der Waals surface area contributed by atoms with Crippen molar-refractivity contribution in [3.8, 4) is 5.75 Å². The summed E-state index contributed by atoms with van der Waals surface area (Å²) in [5, 5.41) is 0.792. The van der Waals surface area contributed by atoms with E-state index in [-0.39, 0.29) is 5.60 Å². The molecule has 0 saturated carbocycles. The van der Waals surface area contributed by atoms with Crippen LogP contribution in [0.3, 0.4) is 0 Å². The molecular weight excluding hydrogens is 222 g/mol. The highest BCUT2D eigenvalue weighted by molar-refractivity contribution is 6.31. The van der Waals surface area contributed by atoms with E-state index in [9.17, 15) is 0 Å². The van der Waals surface area contributed by atoms with Gasteiger partial charge in [0.2, 0.25) is 0 Å². The number of hydrogen-bond acceptors (Lipinski definition) is 2. The predicted molar refractivity (Wildman–Crippen MR) is 69.2 cm³/mol. The number of rotatable bonds is 5. The Balaban J connectivity index is 2.89. The molecule has 0 fully saturated rings. The zero-order chi connectivity index (χ0) is 12.2. The van der Waals surface area contributed by atoms with Crippen LogP contribution < -0.4 is 10.5 Å². The average molecular weight is 242 g/mol. The summed E-state index contributed by atoms with van der Waals surface area (Å²) in [7, 11) is 0. The minimum Gasteiger partial charge on any atom is -0.486 e. The predicted octanol–water partition coefficient (Wildman–Crippen LogP) is 3.41.